The maximum absolute atomic E-state index is 12.6. The molecule has 1 fully saturated rings. The van der Waals surface area contributed by atoms with Crippen LogP contribution in [-0.2, 0) is 14.3 Å². The number of nitrogens with zero attached hydrogens (tertiary/aromatic N) is 1. The third kappa shape index (κ3) is 5.01. The highest BCUT2D eigenvalue weighted by molar-refractivity contribution is 5.80. The maximum Gasteiger partial charge on any atom is 0.407 e. The Hall–Kier alpha value is -3.39. The molecule has 8 heteroatoms. The summed E-state index contributed by atoms with van der Waals surface area (Å²) in [5, 5.41) is 21.8. The summed E-state index contributed by atoms with van der Waals surface area (Å²) in [4.78, 5) is 37.6. The number of benzene rings is 2. The van der Waals surface area contributed by atoms with Crippen LogP contribution in [0.3, 0.4) is 0 Å². The number of hydrogen-bond acceptors (Lipinski definition) is 5. The molecule has 3 N–H and O–H groups in total. The molecule has 33 heavy (non-hydrogen) atoms. The second kappa shape index (κ2) is 9.62. The fourth-order valence-electron chi connectivity index (χ4n) is 4.74. The van der Waals surface area contributed by atoms with Crippen LogP contribution in [0.4, 0.5) is 4.79 Å². The summed E-state index contributed by atoms with van der Waals surface area (Å²) in [6.45, 7) is 2.02. The smallest absolute Gasteiger partial charge is 0.407 e. The average molecular weight is 453 g/mol. The minimum Gasteiger partial charge on any atom is -0.481 e. The quantitative estimate of drug-likeness (QED) is 0.620. The Morgan fingerprint density at radius 2 is 1.67 bits per heavy atom. The van der Waals surface area contributed by atoms with Gasteiger partial charge < -0.3 is 25.2 Å². The molecule has 2 aliphatic rings. The molecule has 3 atom stereocenters. The molecule has 4 rings (SSSR count). The van der Waals surface area contributed by atoms with Crippen LogP contribution in [0.2, 0.25) is 0 Å². The molecule has 1 aliphatic carbocycles. The molecule has 2 aromatic carbocycles. The maximum atomic E-state index is 12.6. The van der Waals surface area contributed by atoms with Gasteiger partial charge in [-0.15, -0.1) is 0 Å². The fraction of sp³-hybridized carbons (Fsp3) is 0.400. The Bertz CT molecular complexity index is 1010. The number of fused-ring (bicyclic) bond motifs is 3. The molecule has 1 saturated heterocycles. The van der Waals surface area contributed by atoms with Crippen molar-refractivity contribution in [3.63, 3.8) is 0 Å². The molecule has 0 saturated carbocycles. The number of ether oxygens (including phenoxy) is 1. The fourth-order valence-corrected chi connectivity index (χ4v) is 4.74. The normalized spacial score (nSPS) is 20.5. The number of aliphatic hydroxyl groups is 1. The zero-order valence-electron chi connectivity index (χ0n) is 18.4. The summed E-state index contributed by atoms with van der Waals surface area (Å²) in [6, 6.07) is 15.6. The van der Waals surface area contributed by atoms with Gasteiger partial charge in [-0.1, -0.05) is 48.5 Å². The third-order valence-corrected chi connectivity index (χ3v) is 6.32. The van der Waals surface area contributed by atoms with Crippen LogP contribution in [0.15, 0.2) is 48.5 Å². The molecule has 0 radical (unpaired) electrons. The Kier molecular flexibility index (Phi) is 6.65. The number of likely N-dealkylation sites (tertiary alicyclic amines) is 1. The molecule has 2 amide bonds. The molecule has 2 aromatic rings. The number of carbonyl (C=O) groups excluding carboxylic acids is 2. The van der Waals surface area contributed by atoms with Crippen molar-refractivity contribution >= 4 is 18.0 Å². The number of hydrogen-bond donors (Lipinski definition) is 3. The molecule has 0 bridgehead atoms. The first kappa shape index (κ1) is 22.8. The average Bonchev–Trinajstić information content (AvgIpc) is 3.11. The monoisotopic (exact) mass is 452 g/mol. The number of β-amino-alcohol motifs (C(OH)–C–C–N with tert-alkyl or cyclic N) is 1. The molecule has 3 unspecified atom stereocenters. The number of rotatable bonds is 6. The number of piperidine rings is 1. The van der Waals surface area contributed by atoms with E-state index in [0.29, 0.717) is 0 Å². The Morgan fingerprint density at radius 1 is 1.06 bits per heavy atom. The van der Waals surface area contributed by atoms with E-state index in [1.165, 1.54) is 4.90 Å². The van der Waals surface area contributed by atoms with Crippen LogP contribution >= 0.6 is 0 Å². The standard InChI is InChI=1S/C25H28N2O6/c1-15(10-23(29)27-12-16(24(30)31)11-17(28)13-27)26-25(32)33-14-22-20-8-4-2-6-18(20)19-7-3-5-9-21(19)22/h2-9,15-17,22,28H,10-14H2,1H3,(H,26,32)(H,30,31). The predicted molar refractivity (Wildman–Crippen MR) is 121 cm³/mol. The molecule has 8 nitrogen and oxygen atoms in total. The van der Waals surface area contributed by atoms with Crippen molar-refractivity contribution in [3.8, 4) is 11.1 Å². The van der Waals surface area contributed by atoms with Gasteiger partial charge in [0, 0.05) is 31.5 Å². The van der Waals surface area contributed by atoms with Gasteiger partial charge in [-0.2, -0.15) is 0 Å². The first-order valence-electron chi connectivity index (χ1n) is 11.1. The van der Waals surface area contributed by atoms with Gasteiger partial charge in [0.15, 0.2) is 0 Å². The molecule has 0 aromatic heterocycles. The van der Waals surface area contributed by atoms with E-state index < -0.39 is 30.1 Å². The summed E-state index contributed by atoms with van der Waals surface area (Å²) < 4.78 is 5.51. The van der Waals surface area contributed by atoms with E-state index in [-0.39, 0.29) is 44.4 Å². The summed E-state index contributed by atoms with van der Waals surface area (Å²) in [5.74, 6) is -2.19. The number of carboxylic acid groups (broad SMARTS) is 1. The van der Waals surface area contributed by atoms with E-state index in [9.17, 15) is 24.6 Å². The summed E-state index contributed by atoms with van der Waals surface area (Å²) in [6.07, 6.45) is -1.36. The summed E-state index contributed by atoms with van der Waals surface area (Å²) >= 11 is 0. The third-order valence-electron chi connectivity index (χ3n) is 6.32. The molecular weight excluding hydrogens is 424 g/mol. The number of aliphatic hydroxyl groups excluding tert-OH is 1. The predicted octanol–water partition coefficient (Wildman–Crippen LogP) is 2.60. The lowest BCUT2D eigenvalue weighted by Crippen LogP contribution is -2.49. The van der Waals surface area contributed by atoms with E-state index in [0.717, 1.165) is 22.3 Å². The van der Waals surface area contributed by atoms with Crippen LogP contribution in [0.5, 0.6) is 0 Å². The highest BCUT2D eigenvalue weighted by atomic mass is 16.5. The van der Waals surface area contributed by atoms with E-state index in [4.69, 9.17) is 4.74 Å². The first-order chi connectivity index (χ1) is 15.8. The number of carboxylic acids is 1. The number of nitrogens with one attached hydrogen (secondary N) is 1. The van der Waals surface area contributed by atoms with Crippen LogP contribution in [0.1, 0.15) is 36.8 Å². The van der Waals surface area contributed by atoms with Crippen LogP contribution < -0.4 is 5.32 Å². The largest absolute Gasteiger partial charge is 0.481 e. The van der Waals surface area contributed by atoms with Crippen LogP contribution in [0.25, 0.3) is 11.1 Å². The molecule has 0 spiro atoms. The van der Waals surface area contributed by atoms with Gasteiger partial charge in [0.1, 0.15) is 6.61 Å². The van der Waals surface area contributed by atoms with Gasteiger partial charge in [-0.25, -0.2) is 4.79 Å². The Morgan fingerprint density at radius 3 is 2.27 bits per heavy atom. The van der Waals surface area contributed by atoms with Crippen LogP contribution in [0, 0.1) is 5.92 Å². The van der Waals surface area contributed by atoms with E-state index >= 15 is 0 Å². The van der Waals surface area contributed by atoms with Gasteiger partial charge >= 0.3 is 12.1 Å². The van der Waals surface area contributed by atoms with Crippen molar-refractivity contribution in [2.75, 3.05) is 19.7 Å². The van der Waals surface area contributed by atoms with Crippen molar-refractivity contribution in [2.45, 2.75) is 37.8 Å². The topological polar surface area (TPSA) is 116 Å². The highest BCUT2D eigenvalue weighted by Crippen LogP contribution is 2.44. The Balaban J connectivity index is 1.31. The van der Waals surface area contributed by atoms with Crippen molar-refractivity contribution in [3.05, 3.63) is 59.7 Å². The zero-order chi connectivity index (χ0) is 23.5. The van der Waals surface area contributed by atoms with Gasteiger partial charge in [0.05, 0.1) is 12.0 Å². The second-order valence-corrected chi connectivity index (χ2v) is 8.80. The molecule has 174 valence electrons. The zero-order valence-corrected chi connectivity index (χ0v) is 18.4. The lowest BCUT2D eigenvalue weighted by Gasteiger charge is -2.34. The van der Waals surface area contributed by atoms with Gasteiger partial charge in [0.2, 0.25) is 5.91 Å². The van der Waals surface area contributed by atoms with Crippen molar-refractivity contribution in [1.29, 1.82) is 0 Å². The summed E-state index contributed by atoms with van der Waals surface area (Å²) in [5.41, 5.74) is 4.52. The van der Waals surface area contributed by atoms with E-state index in [1.807, 2.05) is 36.4 Å². The second-order valence-electron chi connectivity index (χ2n) is 8.80. The van der Waals surface area contributed by atoms with Crippen molar-refractivity contribution in [2.24, 2.45) is 5.92 Å². The minimum absolute atomic E-state index is 0.0107. The van der Waals surface area contributed by atoms with Crippen molar-refractivity contribution < 1.29 is 29.3 Å². The first-order valence-corrected chi connectivity index (χ1v) is 11.1. The van der Waals surface area contributed by atoms with E-state index in [2.05, 4.69) is 17.4 Å². The minimum atomic E-state index is -1.03. The molecule has 1 aliphatic heterocycles. The number of alkyl carbamates (subject to hydrolysis) is 1. The SMILES string of the molecule is CC(CC(=O)N1CC(O)CC(C(=O)O)C1)NC(=O)OCC1c2ccccc2-c2ccccc21. The van der Waals surface area contributed by atoms with Gasteiger partial charge in [0.25, 0.3) is 0 Å². The molecule has 1 heterocycles. The van der Waals surface area contributed by atoms with E-state index in [1.54, 1.807) is 6.92 Å². The Labute approximate surface area is 192 Å². The highest BCUT2D eigenvalue weighted by Gasteiger charge is 2.33. The number of aliphatic carboxylic acids is 1. The van der Waals surface area contributed by atoms with Crippen LogP contribution in [-0.4, -0.2) is 64.9 Å². The molecular formula is C25H28N2O6. The number of amides is 2. The number of carbonyl (C=O) groups is 3. The van der Waals surface area contributed by atoms with Gasteiger partial charge in [-0.05, 0) is 35.6 Å². The summed E-state index contributed by atoms with van der Waals surface area (Å²) in [7, 11) is 0. The lowest BCUT2D eigenvalue weighted by atomic mass is 9.95. The lowest BCUT2D eigenvalue weighted by molar-refractivity contribution is -0.148. The van der Waals surface area contributed by atoms with Gasteiger partial charge in [-0.3, -0.25) is 9.59 Å². The van der Waals surface area contributed by atoms with Crippen molar-refractivity contribution in [1.82, 2.24) is 10.2 Å².